The first kappa shape index (κ1) is 14.3. The van der Waals surface area contributed by atoms with E-state index in [0.29, 0.717) is 9.10 Å². The summed E-state index contributed by atoms with van der Waals surface area (Å²) in [6, 6.07) is 10.6. The molecule has 1 aromatic heterocycles. The van der Waals surface area contributed by atoms with Crippen LogP contribution < -0.4 is 0 Å². The van der Waals surface area contributed by atoms with Gasteiger partial charge in [-0.1, -0.05) is 38.5 Å². The third kappa shape index (κ3) is 2.90. The lowest BCUT2D eigenvalue weighted by Crippen LogP contribution is -2.07. The molecule has 4 heteroatoms. The lowest BCUT2D eigenvalue weighted by molar-refractivity contribution is 0.598. The van der Waals surface area contributed by atoms with Crippen LogP contribution in [-0.2, 0) is 15.3 Å². The lowest BCUT2D eigenvalue weighted by atomic mass is 9.95. The minimum Gasteiger partial charge on any atom is -0.218 e. The van der Waals surface area contributed by atoms with Crippen LogP contribution in [0, 0.1) is 6.92 Å². The van der Waals surface area contributed by atoms with E-state index in [1.807, 2.05) is 25.1 Å². The molecule has 0 radical (unpaired) electrons. The molecule has 2 rings (SSSR count). The van der Waals surface area contributed by atoms with Crippen LogP contribution in [0.5, 0.6) is 0 Å². The first-order valence-corrected chi connectivity index (χ1v) is 8.43. The van der Waals surface area contributed by atoms with E-state index in [-0.39, 0.29) is 5.41 Å². The summed E-state index contributed by atoms with van der Waals surface area (Å²) in [6.45, 7) is 8.20. The number of benzene rings is 1. The molecule has 0 saturated carbocycles. The lowest BCUT2D eigenvalue weighted by Gasteiger charge is -2.15. The third-order valence-electron chi connectivity index (χ3n) is 2.92. The molecule has 0 unspecified atom stereocenters. The van der Waals surface area contributed by atoms with Crippen molar-refractivity contribution >= 4 is 21.2 Å². The zero-order chi connectivity index (χ0) is 14.3. The van der Waals surface area contributed by atoms with Gasteiger partial charge < -0.3 is 0 Å². The number of hydrogen-bond acceptors (Lipinski definition) is 3. The maximum Gasteiger partial charge on any atom is 0.215 e. The van der Waals surface area contributed by atoms with Crippen molar-refractivity contribution in [3.63, 3.8) is 0 Å². The van der Waals surface area contributed by atoms with Gasteiger partial charge in [-0.05, 0) is 36.6 Å². The minimum atomic E-state index is -3.38. The van der Waals surface area contributed by atoms with Crippen molar-refractivity contribution in [1.82, 2.24) is 0 Å². The molecule has 2 nitrogen and oxygen atoms in total. The minimum absolute atomic E-state index is 0.0221. The normalized spacial score (nSPS) is 12.6. The molecule has 2 aromatic rings. The van der Waals surface area contributed by atoms with Gasteiger partial charge >= 0.3 is 0 Å². The highest BCUT2D eigenvalue weighted by molar-refractivity contribution is 7.93. The quantitative estimate of drug-likeness (QED) is 0.832. The van der Waals surface area contributed by atoms with E-state index in [1.165, 1.54) is 11.3 Å². The van der Waals surface area contributed by atoms with Gasteiger partial charge in [0.1, 0.15) is 4.21 Å². The molecule has 0 atom stereocenters. The number of thiophene rings is 1. The van der Waals surface area contributed by atoms with Crippen LogP contribution in [0.2, 0.25) is 0 Å². The molecule has 0 aliphatic rings. The summed E-state index contributed by atoms with van der Waals surface area (Å²) < 4.78 is 25.4. The summed E-state index contributed by atoms with van der Waals surface area (Å²) in [5.74, 6) is 0. The van der Waals surface area contributed by atoms with Crippen molar-refractivity contribution in [2.75, 3.05) is 0 Å². The van der Waals surface area contributed by atoms with Gasteiger partial charge in [0.25, 0.3) is 0 Å². The molecular formula is C15H18O2S2. The molecule has 0 amide bonds. The predicted octanol–water partition coefficient (Wildman–Crippen LogP) is 4.19. The Bertz CT molecular complexity index is 672. The van der Waals surface area contributed by atoms with Crippen molar-refractivity contribution in [2.45, 2.75) is 42.2 Å². The Hall–Kier alpha value is -1.13. The van der Waals surface area contributed by atoms with Gasteiger partial charge in [-0.2, -0.15) is 0 Å². The van der Waals surface area contributed by atoms with E-state index in [2.05, 4.69) is 20.8 Å². The fraction of sp³-hybridized carbons (Fsp3) is 0.333. The van der Waals surface area contributed by atoms with E-state index in [9.17, 15) is 8.42 Å². The number of aryl methyl sites for hydroxylation is 1. The molecule has 1 heterocycles. The van der Waals surface area contributed by atoms with E-state index in [4.69, 9.17) is 0 Å². The Kier molecular flexibility index (Phi) is 3.58. The highest BCUT2D eigenvalue weighted by Gasteiger charge is 2.23. The maximum absolute atomic E-state index is 12.5. The molecule has 0 N–H and O–H groups in total. The Morgan fingerprint density at radius 3 is 2.00 bits per heavy atom. The largest absolute Gasteiger partial charge is 0.218 e. The topological polar surface area (TPSA) is 34.1 Å². The van der Waals surface area contributed by atoms with Gasteiger partial charge in [-0.25, -0.2) is 8.42 Å². The van der Waals surface area contributed by atoms with Gasteiger partial charge in [-0.3, -0.25) is 0 Å². The van der Waals surface area contributed by atoms with E-state index in [0.717, 1.165) is 10.4 Å². The summed E-state index contributed by atoms with van der Waals surface area (Å²) in [7, 11) is -3.38. The molecule has 0 bridgehead atoms. The van der Waals surface area contributed by atoms with E-state index >= 15 is 0 Å². The summed E-state index contributed by atoms with van der Waals surface area (Å²) in [4.78, 5) is 1.44. The van der Waals surface area contributed by atoms with Gasteiger partial charge in [0, 0.05) is 4.88 Å². The monoisotopic (exact) mass is 294 g/mol. The maximum atomic E-state index is 12.5. The Balaban J connectivity index is 2.46. The molecule has 0 aliphatic heterocycles. The van der Waals surface area contributed by atoms with Crippen LogP contribution >= 0.6 is 11.3 Å². The highest BCUT2D eigenvalue weighted by atomic mass is 32.2. The first-order valence-electron chi connectivity index (χ1n) is 6.13. The van der Waals surface area contributed by atoms with Crippen molar-refractivity contribution in [2.24, 2.45) is 0 Å². The van der Waals surface area contributed by atoms with Gasteiger partial charge in [-0.15, -0.1) is 11.3 Å². The number of sulfone groups is 1. The molecule has 1 aromatic carbocycles. The Morgan fingerprint density at radius 1 is 0.947 bits per heavy atom. The molecule has 0 fully saturated rings. The Morgan fingerprint density at radius 2 is 1.53 bits per heavy atom. The summed E-state index contributed by atoms with van der Waals surface area (Å²) in [6.07, 6.45) is 0. The highest BCUT2D eigenvalue weighted by Crippen LogP contribution is 2.34. The van der Waals surface area contributed by atoms with Gasteiger partial charge in [0.05, 0.1) is 4.90 Å². The van der Waals surface area contributed by atoms with Crippen LogP contribution in [0.15, 0.2) is 45.5 Å². The van der Waals surface area contributed by atoms with Crippen molar-refractivity contribution in [3.05, 3.63) is 46.8 Å². The smallest absolute Gasteiger partial charge is 0.215 e. The second-order valence-electron chi connectivity index (χ2n) is 5.69. The molecule has 0 spiro atoms. The van der Waals surface area contributed by atoms with Gasteiger partial charge in [0.15, 0.2) is 0 Å². The number of rotatable bonds is 2. The average Bonchev–Trinajstić information content (AvgIpc) is 2.79. The summed E-state index contributed by atoms with van der Waals surface area (Å²) >= 11 is 1.36. The van der Waals surface area contributed by atoms with E-state index < -0.39 is 9.84 Å². The molecule has 0 saturated heterocycles. The van der Waals surface area contributed by atoms with Crippen LogP contribution in [0.25, 0.3) is 0 Å². The second kappa shape index (κ2) is 4.76. The fourth-order valence-electron chi connectivity index (χ4n) is 1.70. The standard InChI is InChI=1S/C15H18O2S2/c1-11-5-7-12(8-6-11)19(16,17)14-10-9-13(18-14)15(2,3)4/h5-10H,1-4H3. The zero-order valence-electron chi connectivity index (χ0n) is 11.6. The predicted molar refractivity (Wildman–Crippen MR) is 79.6 cm³/mol. The van der Waals surface area contributed by atoms with Crippen molar-refractivity contribution < 1.29 is 8.42 Å². The number of hydrogen-bond donors (Lipinski definition) is 0. The van der Waals surface area contributed by atoms with Crippen LogP contribution in [-0.4, -0.2) is 8.42 Å². The van der Waals surface area contributed by atoms with Crippen molar-refractivity contribution in [1.29, 1.82) is 0 Å². The average molecular weight is 294 g/mol. The third-order valence-corrected chi connectivity index (χ3v) is 6.69. The molecular weight excluding hydrogens is 276 g/mol. The first-order chi connectivity index (χ1) is 8.71. The molecule has 0 aliphatic carbocycles. The SMILES string of the molecule is Cc1ccc(S(=O)(=O)c2ccc(C(C)(C)C)s2)cc1. The van der Waals surface area contributed by atoms with E-state index in [1.54, 1.807) is 18.2 Å². The second-order valence-corrected chi connectivity index (χ2v) is 8.95. The van der Waals surface area contributed by atoms with Crippen molar-refractivity contribution in [3.8, 4) is 0 Å². The van der Waals surface area contributed by atoms with Crippen LogP contribution in [0.3, 0.4) is 0 Å². The van der Waals surface area contributed by atoms with Crippen LogP contribution in [0.1, 0.15) is 31.2 Å². The van der Waals surface area contributed by atoms with Gasteiger partial charge in [0.2, 0.25) is 9.84 Å². The molecule has 19 heavy (non-hydrogen) atoms. The Labute approximate surface area is 119 Å². The zero-order valence-corrected chi connectivity index (χ0v) is 13.2. The summed E-state index contributed by atoms with van der Waals surface area (Å²) in [5, 5.41) is 0. The summed E-state index contributed by atoms with van der Waals surface area (Å²) in [5.41, 5.74) is 1.03. The fourth-order valence-corrected chi connectivity index (χ4v) is 4.47. The molecule has 102 valence electrons. The van der Waals surface area contributed by atoms with Crippen LogP contribution in [0.4, 0.5) is 0 Å².